The molecule has 2 rings (SSSR count). The summed E-state index contributed by atoms with van der Waals surface area (Å²) in [5.41, 5.74) is 4.47. The van der Waals surface area contributed by atoms with Gasteiger partial charge < -0.3 is 0 Å². The number of carbonyl (C=O) groups is 2. The van der Waals surface area contributed by atoms with Gasteiger partial charge in [0.1, 0.15) is 5.82 Å². The van der Waals surface area contributed by atoms with Gasteiger partial charge in [0.2, 0.25) is 11.8 Å². The number of thioether (sulfide) groups is 1. The van der Waals surface area contributed by atoms with E-state index in [1.54, 1.807) is 12.1 Å². The van der Waals surface area contributed by atoms with Gasteiger partial charge in [0.15, 0.2) is 9.84 Å². The Bertz CT molecular complexity index is 661. The van der Waals surface area contributed by atoms with Crippen molar-refractivity contribution in [1.29, 1.82) is 0 Å². The fourth-order valence-electron chi connectivity index (χ4n) is 1.95. The highest BCUT2D eigenvalue weighted by Gasteiger charge is 2.33. The highest BCUT2D eigenvalue weighted by Crippen LogP contribution is 2.18. The van der Waals surface area contributed by atoms with Crippen molar-refractivity contribution < 1.29 is 22.4 Å². The van der Waals surface area contributed by atoms with Gasteiger partial charge in [-0.05, 0) is 30.7 Å². The van der Waals surface area contributed by atoms with Crippen molar-refractivity contribution in [1.82, 2.24) is 10.9 Å². The number of halogens is 1. The third kappa shape index (κ3) is 4.99. The molecule has 1 aromatic carbocycles. The lowest BCUT2D eigenvalue weighted by Crippen LogP contribution is -2.45. The maximum Gasteiger partial charge on any atom is 0.248 e. The lowest BCUT2D eigenvalue weighted by Gasteiger charge is -2.10. The Morgan fingerprint density at radius 2 is 1.91 bits per heavy atom. The first-order valence-electron chi connectivity index (χ1n) is 6.53. The Kier molecular flexibility index (Phi) is 5.41. The predicted octanol–water partition coefficient (Wildman–Crippen LogP) is 0.500. The van der Waals surface area contributed by atoms with Crippen molar-refractivity contribution in [3.05, 3.63) is 30.1 Å². The first kappa shape index (κ1) is 16.8. The van der Waals surface area contributed by atoms with Gasteiger partial charge in [-0.15, -0.1) is 11.8 Å². The Morgan fingerprint density at radius 3 is 2.50 bits per heavy atom. The van der Waals surface area contributed by atoms with Gasteiger partial charge >= 0.3 is 0 Å². The molecule has 0 radical (unpaired) electrons. The monoisotopic (exact) mass is 346 g/mol. The molecule has 120 valence electrons. The normalized spacial score (nSPS) is 19.6. The van der Waals surface area contributed by atoms with E-state index in [1.165, 1.54) is 23.9 Å². The second-order valence-corrected chi connectivity index (χ2v) is 8.16. The zero-order valence-electron chi connectivity index (χ0n) is 11.5. The fourth-order valence-corrected chi connectivity index (χ4v) is 4.39. The number of amides is 2. The van der Waals surface area contributed by atoms with E-state index < -0.39 is 27.6 Å². The van der Waals surface area contributed by atoms with Crippen molar-refractivity contribution in [2.75, 3.05) is 17.3 Å². The Balaban J connectivity index is 1.71. The minimum Gasteiger partial charge on any atom is -0.273 e. The Labute approximate surface area is 131 Å². The lowest BCUT2D eigenvalue weighted by molar-refractivity contribution is -0.129. The van der Waals surface area contributed by atoms with Crippen LogP contribution in [0.5, 0.6) is 0 Å². The summed E-state index contributed by atoms with van der Waals surface area (Å²) in [7, 11) is -3.14. The van der Waals surface area contributed by atoms with E-state index in [9.17, 15) is 22.4 Å². The molecular weight excluding hydrogens is 331 g/mol. The average Bonchev–Trinajstić information content (AvgIpc) is 2.84. The summed E-state index contributed by atoms with van der Waals surface area (Å²) in [5, 5.41) is 0. The van der Waals surface area contributed by atoms with Gasteiger partial charge in [-0.3, -0.25) is 20.4 Å². The molecule has 6 nitrogen and oxygen atoms in total. The van der Waals surface area contributed by atoms with Crippen molar-refractivity contribution in [2.24, 2.45) is 5.92 Å². The van der Waals surface area contributed by atoms with Crippen molar-refractivity contribution in [2.45, 2.75) is 11.3 Å². The van der Waals surface area contributed by atoms with Crippen LogP contribution in [0.4, 0.5) is 4.39 Å². The smallest absolute Gasteiger partial charge is 0.248 e. The second-order valence-electron chi connectivity index (χ2n) is 4.88. The minimum atomic E-state index is -3.14. The number of carbonyl (C=O) groups excluding carboxylic acids is 2. The van der Waals surface area contributed by atoms with Crippen LogP contribution in [0.15, 0.2) is 29.2 Å². The maximum absolute atomic E-state index is 12.7. The summed E-state index contributed by atoms with van der Waals surface area (Å²) < 4.78 is 35.3. The molecular formula is C13H15FN2O4S2. The molecule has 0 unspecified atom stereocenters. The van der Waals surface area contributed by atoms with Crippen molar-refractivity contribution in [3.8, 4) is 0 Å². The number of nitrogens with one attached hydrogen (secondary N) is 2. The molecule has 2 amide bonds. The summed E-state index contributed by atoms with van der Waals surface area (Å²) in [6.07, 6.45) is 0.272. The van der Waals surface area contributed by atoms with Crippen LogP contribution in [-0.4, -0.2) is 37.5 Å². The summed E-state index contributed by atoms with van der Waals surface area (Å²) in [6, 6.07) is 5.69. The van der Waals surface area contributed by atoms with Crippen molar-refractivity contribution in [3.63, 3.8) is 0 Å². The van der Waals surface area contributed by atoms with Gasteiger partial charge in [-0.25, -0.2) is 12.8 Å². The van der Waals surface area contributed by atoms with E-state index in [0.717, 1.165) is 4.90 Å². The first-order valence-corrected chi connectivity index (χ1v) is 9.34. The Hall–Kier alpha value is -1.61. The summed E-state index contributed by atoms with van der Waals surface area (Å²) in [6.45, 7) is 0. The molecule has 1 aliphatic heterocycles. The molecule has 1 saturated heterocycles. The number of hydrogen-bond donors (Lipinski definition) is 2. The number of rotatable bonds is 4. The van der Waals surface area contributed by atoms with E-state index >= 15 is 0 Å². The van der Waals surface area contributed by atoms with Crippen molar-refractivity contribution >= 4 is 33.4 Å². The molecule has 0 aliphatic carbocycles. The SMILES string of the molecule is O=C(CSc1ccc(F)cc1)NNC(=O)[C@@H]1CCS(=O)(=O)C1. The zero-order chi connectivity index (χ0) is 16.2. The average molecular weight is 346 g/mol. The first-order chi connectivity index (χ1) is 10.4. The topological polar surface area (TPSA) is 92.3 Å². The van der Waals surface area contributed by atoms with Gasteiger partial charge in [0, 0.05) is 4.90 Å². The lowest BCUT2D eigenvalue weighted by atomic mass is 10.1. The minimum absolute atomic E-state index is 0.000544. The molecule has 0 bridgehead atoms. The van der Waals surface area contributed by atoms with E-state index in [0.29, 0.717) is 0 Å². The molecule has 9 heteroatoms. The second kappa shape index (κ2) is 7.10. The summed E-state index contributed by atoms with van der Waals surface area (Å²) in [4.78, 5) is 24.0. The number of benzene rings is 1. The van der Waals surface area contributed by atoms with Gasteiger partial charge in [0.25, 0.3) is 0 Å². The molecule has 1 atom stereocenters. The fraction of sp³-hybridized carbons (Fsp3) is 0.385. The molecule has 22 heavy (non-hydrogen) atoms. The van der Waals surface area contributed by atoms with E-state index in [-0.39, 0.29) is 29.5 Å². The molecule has 0 aromatic heterocycles. The van der Waals surface area contributed by atoms with Gasteiger partial charge in [-0.1, -0.05) is 0 Å². The Morgan fingerprint density at radius 1 is 1.23 bits per heavy atom. The predicted molar refractivity (Wildman–Crippen MR) is 80.2 cm³/mol. The summed E-state index contributed by atoms with van der Waals surface area (Å²) in [5.74, 6) is -2.03. The van der Waals surface area contributed by atoms with E-state index in [2.05, 4.69) is 10.9 Å². The van der Waals surface area contributed by atoms with Crippen LogP contribution in [0.3, 0.4) is 0 Å². The van der Waals surface area contributed by atoms with Crippen LogP contribution < -0.4 is 10.9 Å². The van der Waals surface area contributed by atoms with E-state index in [1.807, 2.05) is 0 Å². The number of sulfone groups is 1. The molecule has 1 aromatic rings. The molecule has 2 N–H and O–H groups in total. The standard InChI is InChI=1S/C13H15FN2O4S2/c14-10-1-3-11(4-2-10)21-7-12(17)15-16-13(18)9-5-6-22(19,20)8-9/h1-4,9H,5-8H2,(H,15,17)(H,16,18)/t9-/m1/s1. The largest absolute Gasteiger partial charge is 0.273 e. The van der Waals surface area contributed by atoms with Crippen LogP contribution >= 0.6 is 11.8 Å². The molecule has 0 saturated carbocycles. The van der Waals surface area contributed by atoms with Crippen LogP contribution in [0.2, 0.25) is 0 Å². The quantitative estimate of drug-likeness (QED) is 0.612. The summed E-state index contributed by atoms with van der Waals surface area (Å²) >= 11 is 1.20. The number of hydrogen-bond acceptors (Lipinski definition) is 5. The van der Waals surface area contributed by atoms with Crippen LogP contribution in [0.25, 0.3) is 0 Å². The van der Waals surface area contributed by atoms with Crippen LogP contribution in [0, 0.1) is 11.7 Å². The highest BCUT2D eigenvalue weighted by atomic mass is 32.2. The van der Waals surface area contributed by atoms with Crippen LogP contribution in [-0.2, 0) is 19.4 Å². The number of hydrazine groups is 1. The molecule has 1 heterocycles. The molecule has 1 aliphatic rings. The van der Waals surface area contributed by atoms with Gasteiger partial charge in [0.05, 0.1) is 23.2 Å². The third-order valence-electron chi connectivity index (χ3n) is 3.11. The van der Waals surface area contributed by atoms with Crippen LogP contribution in [0.1, 0.15) is 6.42 Å². The zero-order valence-corrected chi connectivity index (χ0v) is 13.2. The maximum atomic E-state index is 12.7. The molecule has 0 spiro atoms. The third-order valence-corrected chi connectivity index (χ3v) is 5.89. The molecule has 1 fully saturated rings. The highest BCUT2D eigenvalue weighted by molar-refractivity contribution is 8.00. The van der Waals surface area contributed by atoms with Gasteiger partial charge in [-0.2, -0.15) is 0 Å². The van der Waals surface area contributed by atoms with E-state index in [4.69, 9.17) is 0 Å².